The van der Waals surface area contributed by atoms with Crippen molar-refractivity contribution in [2.75, 3.05) is 0 Å². The lowest BCUT2D eigenvalue weighted by atomic mass is 10.0. The first-order valence-electron chi connectivity index (χ1n) is 11.3. The second kappa shape index (κ2) is 7.67. The van der Waals surface area contributed by atoms with E-state index in [0.29, 0.717) is 17.4 Å². The van der Waals surface area contributed by atoms with Crippen molar-refractivity contribution < 1.29 is 7.48 Å². The molecule has 6 aromatic rings. The molecular formula is C28H19N3O. The lowest BCUT2D eigenvalue weighted by molar-refractivity contribution is 0.463. The quantitative estimate of drug-likeness (QED) is 0.310. The van der Waals surface area contributed by atoms with E-state index in [2.05, 4.69) is 34.2 Å². The Labute approximate surface area is 188 Å². The molecule has 32 heavy (non-hydrogen) atoms. The van der Waals surface area contributed by atoms with Crippen LogP contribution in [0.5, 0.6) is 11.6 Å². The van der Waals surface area contributed by atoms with Crippen LogP contribution in [-0.4, -0.2) is 14.5 Å². The van der Waals surface area contributed by atoms with Gasteiger partial charge in [0.05, 0.1) is 13.8 Å². The number of nitrogens with zero attached hydrogens (tertiary/aromatic N) is 3. The monoisotopic (exact) mass is 415 g/mol. The molecule has 3 aromatic carbocycles. The maximum atomic E-state index is 8.47. The second-order valence-corrected chi connectivity index (χ2v) is 7.42. The Kier molecular flexibility index (Phi) is 3.90. The van der Waals surface area contributed by atoms with Gasteiger partial charge in [-0.05, 0) is 53.5 Å². The van der Waals surface area contributed by atoms with Crippen LogP contribution in [0.4, 0.5) is 0 Å². The van der Waals surface area contributed by atoms with E-state index in [1.807, 2.05) is 65.2 Å². The maximum Gasteiger partial charge on any atom is 0.219 e. The predicted molar refractivity (Wildman–Crippen MR) is 128 cm³/mol. The summed E-state index contributed by atoms with van der Waals surface area (Å²) in [6.07, 6.45) is 3.18. The number of fused-ring (bicyclic) bond motifs is 3. The van der Waals surface area contributed by atoms with E-state index in [-0.39, 0.29) is 12.1 Å². The third kappa shape index (κ3) is 3.19. The number of hydrogen-bond donors (Lipinski definition) is 0. The first kappa shape index (κ1) is 16.3. The van der Waals surface area contributed by atoms with Gasteiger partial charge in [-0.15, -0.1) is 0 Å². The number of benzene rings is 3. The van der Waals surface area contributed by atoms with Crippen LogP contribution in [0, 0.1) is 0 Å². The van der Waals surface area contributed by atoms with Crippen molar-refractivity contribution in [2.45, 2.75) is 0 Å². The standard InChI is InChI=1S/C28H19N3O/c1-2-11-25-23(10-1)24-15-14-21(19-26(24)31(25)27-12-3-5-16-29-27)20-8-7-9-22(18-20)32-28-13-4-6-17-30-28/h1-19H/i5D,12D. The van der Waals surface area contributed by atoms with Crippen molar-refractivity contribution in [1.29, 1.82) is 0 Å². The van der Waals surface area contributed by atoms with Crippen LogP contribution in [0.25, 0.3) is 38.8 Å². The summed E-state index contributed by atoms with van der Waals surface area (Å²) < 4.78 is 24.2. The molecule has 0 radical (unpaired) electrons. The van der Waals surface area contributed by atoms with Crippen LogP contribution < -0.4 is 4.74 Å². The van der Waals surface area contributed by atoms with Gasteiger partial charge < -0.3 is 4.74 Å². The molecule has 152 valence electrons. The number of pyridine rings is 2. The van der Waals surface area contributed by atoms with Crippen LogP contribution in [0.1, 0.15) is 2.74 Å². The average Bonchev–Trinajstić information content (AvgIpc) is 3.18. The molecule has 6 rings (SSSR count). The van der Waals surface area contributed by atoms with Crippen molar-refractivity contribution in [3.05, 3.63) is 115 Å². The molecule has 0 aliphatic carbocycles. The maximum absolute atomic E-state index is 8.47. The molecule has 0 saturated carbocycles. The Bertz CT molecular complexity index is 1660. The van der Waals surface area contributed by atoms with Crippen LogP contribution in [0.2, 0.25) is 0 Å². The lowest BCUT2D eigenvalue weighted by Crippen LogP contribution is -1.96. The van der Waals surface area contributed by atoms with Gasteiger partial charge in [-0.2, -0.15) is 0 Å². The minimum Gasteiger partial charge on any atom is -0.439 e. The molecule has 3 aromatic heterocycles. The van der Waals surface area contributed by atoms with Gasteiger partial charge in [-0.3, -0.25) is 4.57 Å². The molecule has 0 aliphatic heterocycles. The third-order valence-corrected chi connectivity index (χ3v) is 5.46. The first-order chi connectivity index (χ1) is 16.7. The van der Waals surface area contributed by atoms with Crippen LogP contribution >= 0.6 is 0 Å². The van der Waals surface area contributed by atoms with Crippen molar-refractivity contribution >= 4 is 21.8 Å². The highest BCUT2D eigenvalue weighted by atomic mass is 16.5. The molecule has 0 saturated heterocycles. The SMILES string of the molecule is [2H]c1cnc(-n2c3ccccc3c3ccc(-c4cccc(Oc5ccccn5)c4)cc32)c([2H])c1. The normalized spacial score (nSPS) is 12.0. The number of ether oxygens (including phenoxy) is 1. The summed E-state index contributed by atoms with van der Waals surface area (Å²) in [5.41, 5.74) is 3.95. The van der Waals surface area contributed by atoms with Gasteiger partial charge in [0, 0.05) is 29.2 Å². The van der Waals surface area contributed by atoms with E-state index in [1.165, 1.54) is 12.3 Å². The third-order valence-electron chi connectivity index (χ3n) is 5.46. The fraction of sp³-hybridized carbons (Fsp3) is 0. The summed E-state index contributed by atoms with van der Waals surface area (Å²) in [5.74, 6) is 1.76. The van der Waals surface area contributed by atoms with E-state index < -0.39 is 0 Å². The smallest absolute Gasteiger partial charge is 0.219 e. The Morgan fingerprint density at radius 3 is 2.47 bits per heavy atom. The summed E-state index contributed by atoms with van der Waals surface area (Å²) in [6, 6.07) is 29.9. The molecule has 0 unspecified atom stereocenters. The fourth-order valence-electron chi connectivity index (χ4n) is 4.05. The lowest BCUT2D eigenvalue weighted by Gasteiger charge is -2.09. The molecule has 0 fully saturated rings. The van der Waals surface area contributed by atoms with Gasteiger partial charge in [-0.1, -0.05) is 54.6 Å². The molecular weight excluding hydrogens is 394 g/mol. The Balaban J connectivity index is 1.52. The number of para-hydroxylation sites is 1. The molecule has 4 heteroatoms. The summed E-state index contributed by atoms with van der Waals surface area (Å²) in [7, 11) is 0. The van der Waals surface area contributed by atoms with Crippen molar-refractivity contribution in [2.24, 2.45) is 0 Å². The summed E-state index contributed by atoms with van der Waals surface area (Å²) >= 11 is 0. The van der Waals surface area contributed by atoms with Crippen molar-refractivity contribution in [3.63, 3.8) is 0 Å². The molecule has 4 nitrogen and oxygen atoms in total. The topological polar surface area (TPSA) is 39.9 Å². The number of rotatable bonds is 4. The summed E-state index contributed by atoms with van der Waals surface area (Å²) in [6.45, 7) is 0. The fourth-order valence-corrected chi connectivity index (χ4v) is 4.05. The van der Waals surface area contributed by atoms with Gasteiger partial charge in [0.15, 0.2) is 0 Å². The zero-order valence-corrected chi connectivity index (χ0v) is 17.1. The van der Waals surface area contributed by atoms with E-state index in [0.717, 1.165) is 32.9 Å². The van der Waals surface area contributed by atoms with Crippen LogP contribution in [0.3, 0.4) is 0 Å². The van der Waals surface area contributed by atoms with Gasteiger partial charge in [0.2, 0.25) is 5.88 Å². The summed E-state index contributed by atoms with van der Waals surface area (Å²) in [5, 5.41) is 2.17. The predicted octanol–water partition coefficient (Wildman–Crippen LogP) is 7.03. The van der Waals surface area contributed by atoms with E-state index in [4.69, 9.17) is 7.48 Å². The largest absolute Gasteiger partial charge is 0.439 e. The van der Waals surface area contributed by atoms with Crippen LogP contribution in [0.15, 0.2) is 115 Å². The first-order valence-corrected chi connectivity index (χ1v) is 10.3. The van der Waals surface area contributed by atoms with Crippen LogP contribution in [-0.2, 0) is 0 Å². The number of hydrogen-bond acceptors (Lipinski definition) is 3. The second-order valence-electron chi connectivity index (χ2n) is 7.42. The Morgan fingerprint density at radius 1 is 0.688 bits per heavy atom. The van der Waals surface area contributed by atoms with Crippen molar-refractivity contribution in [1.82, 2.24) is 14.5 Å². The minimum absolute atomic E-state index is 0.214. The van der Waals surface area contributed by atoms with Gasteiger partial charge in [0.1, 0.15) is 11.6 Å². The summed E-state index contributed by atoms with van der Waals surface area (Å²) in [4.78, 5) is 8.68. The Morgan fingerprint density at radius 2 is 1.56 bits per heavy atom. The highest BCUT2D eigenvalue weighted by Crippen LogP contribution is 2.35. The highest BCUT2D eigenvalue weighted by Gasteiger charge is 2.13. The zero-order chi connectivity index (χ0) is 23.1. The zero-order valence-electron chi connectivity index (χ0n) is 19.1. The van der Waals surface area contributed by atoms with Gasteiger partial charge in [-0.25, -0.2) is 9.97 Å². The highest BCUT2D eigenvalue weighted by molar-refractivity contribution is 6.10. The Hall–Kier alpha value is -4.44. The molecule has 0 atom stereocenters. The average molecular weight is 415 g/mol. The van der Waals surface area contributed by atoms with Crippen molar-refractivity contribution in [3.8, 4) is 28.6 Å². The van der Waals surface area contributed by atoms with E-state index in [1.54, 1.807) is 6.20 Å². The van der Waals surface area contributed by atoms with Gasteiger partial charge in [0.25, 0.3) is 0 Å². The van der Waals surface area contributed by atoms with Gasteiger partial charge >= 0.3 is 0 Å². The minimum atomic E-state index is 0.214. The van der Waals surface area contributed by atoms with E-state index >= 15 is 0 Å². The molecule has 0 amide bonds. The molecule has 0 N–H and O–H groups in total. The number of aromatic nitrogens is 3. The molecule has 0 aliphatic rings. The molecule has 0 spiro atoms. The molecule has 3 heterocycles. The van der Waals surface area contributed by atoms with E-state index in [9.17, 15) is 0 Å². The molecule has 0 bridgehead atoms.